The Bertz CT molecular complexity index is 423. The highest BCUT2D eigenvalue weighted by molar-refractivity contribution is 5.69. The van der Waals surface area contributed by atoms with Gasteiger partial charge < -0.3 is 14.0 Å². The van der Waals surface area contributed by atoms with E-state index < -0.39 is 0 Å². The Morgan fingerprint density at radius 3 is 2.05 bits per heavy atom. The van der Waals surface area contributed by atoms with Crippen molar-refractivity contribution in [2.24, 2.45) is 0 Å². The van der Waals surface area contributed by atoms with Crippen LogP contribution in [0.4, 0.5) is 0 Å². The maximum Gasteiger partial charge on any atom is 0.307 e. The molecule has 0 unspecified atom stereocenters. The van der Waals surface area contributed by atoms with Gasteiger partial charge in [-0.1, -0.05) is 32.2 Å². The molecule has 0 aliphatic rings. The Kier molecular flexibility index (Phi) is 11.3. The highest BCUT2D eigenvalue weighted by Gasteiger charge is 2.00. The van der Waals surface area contributed by atoms with E-state index in [9.17, 15) is 9.59 Å². The lowest BCUT2D eigenvalue weighted by atomic mass is 10.4. The fourth-order valence-electron chi connectivity index (χ4n) is 1.22. The molecule has 0 fully saturated rings. The fourth-order valence-corrected chi connectivity index (χ4v) is 1.22. The van der Waals surface area contributed by atoms with Gasteiger partial charge in [-0.25, -0.2) is 0 Å². The van der Waals surface area contributed by atoms with E-state index in [4.69, 9.17) is 4.74 Å². The molecule has 0 atom stereocenters. The summed E-state index contributed by atoms with van der Waals surface area (Å²) in [7, 11) is 0. The first kappa shape index (κ1) is 18.7. The first-order chi connectivity index (χ1) is 10.1. The summed E-state index contributed by atoms with van der Waals surface area (Å²) >= 11 is 0. The van der Waals surface area contributed by atoms with Crippen LogP contribution < -0.4 is 0 Å². The van der Waals surface area contributed by atoms with E-state index in [2.05, 4.69) is 17.9 Å². The second kappa shape index (κ2) is 12.7. The number of ether oxygens (including phenoxy) is 2. The average molecular weight is 293 g/mol. The van der Waals surface area contributed by atoms with E-state index >= 15 is 0 Å². The van der Waals surface area contributed by atoms with Gasteiger partial charge in [-0.2, -0.15) is 0 Å². The minimum Gasteiger partial charge on any atom is -0.461 e. The molecule has 5 nitrogen and oxygen atoms in total. The molecule has 0 aliphatic heterocycles. The molecule has 21 heavy (non-hydrogen) atoms. The topological polar surface area (TPSA) is 57.5 Å². The van der Waals surface area contributed by atoms with E-state index in [1.165, 1.54) is 0 Å². The van der Waals surface area contributed by atoms with Gasteiger partial charge in [-0.05, 0) is 12.1 Å². The van der Waals surface area contributed by atoms with Crippen molar-refractivity contribution in [3.63, 3.8) is 0 Å². The van der Waals surface area contributed by atoms with Crippen LogP contribution >= 0.6 is 0 Å². The number of rotatable bonds is 8. The van der Waals surface area contributed by atoms with Gasteiger partial charge in [-0.3, -0.25) is 9.59 Å². The first-order valence-corrected chi connectivity index (χ1v) is 6.77. The van der Waals surface area contributed by atoms with Gasteiger partial charge >= 0.3 is 11.9 Å². The molecule has 0 saturated heterocycles. The van der Waals surface area contributed by atoms with Crippen molar-refractivity contribution in [2.75, 3.05) is 13.2 Å². The number of carbonyl (C=O) groups excluding carboxylic acids is 2. The third-order valence-corrected chi connectivity index (χ3v) is 2.25. The van der Waals surface area contributed by atoms with Crippen LogP contribution in [0.25, 0.3) is 0 Å². The molecule has 1 heterocycles. The van der Waals surface area contributed by atoms with Crippen molar-refractivity contribution in [1.29, 1.82) is 0 Å². The number of nitrogens with zero attached hydrogens (tertiary/aromatic N) is 1. The monoisotopic (exact) mass is 293 g/mol. The second-order valence-electron chi connectivity index (χ2n) is 3.97. The predicted molar refractivity (Wildman–Crippen MR) is 81.7 cm³/mol. The Balaban J connectivity index is 0.000000433. The van der Waals surface area contributed by atoms with Gasteiger partial charge in [-0.15, -0.1) is 0 Å². The predicted octanol–water partition coefficient (Wildman–Crippen LogP) is 2.73. The normalized spacial score (nSPS) is 9.00. The van der Waals surface area contributed by atoms with Crippen LogP contribution in [0.3, 0.4) is 0 Å². The largest absolute Gasteiger partial charge is 0.461 e. The molecule has 116 valence electrons. The van der Waals surface area contributed by atoms with Gasteiger partial charge in [0.2, 0.25) is 0 Å². The van der Waals surface area contributed by atoms with Crippen LogP contribution in [-0.2, 0) is 25.6 Å². The van der Waals surface area contributed by atoms with Crippen LogP contribution in [-0.4, -0.2) is 29.7 Å². The van der Waals surface area contributed by atoms with Gasteiger partial charge in [0.15, 0.2) is 0 Å². The molecule has 0 saturated carbocycles. The number of carbonyl (C=O) groups is 2. The van der Waals surface area contributed by atoms with Crippen LogP contribution in [0, 0.1) is 0 Å². The maximum absolute atomic E-state index is 11.0. The van der Waals surface area contributed by atoms with E-state index in [-0.39, 0.29) is 11.9 Å². The lowest BCUT2D eigenvalue weighted by Crippen LogP contribution is -2.08. The molecule has 0 aliphatic carbocycles. The van der Waals surface area contributed by atoms with Gasteiger partial charge in [0, 0.05) is 25.4 Å². The van der Waals surface area contributed by atoms with Gasteiger partial charge in [0.25, 0.3) is 0 Å². The molecule has 1 aromatic rings. The summed E-state index contributed by atoms with van der Waals surface area (Å²) in [6.07, 6.45) is 7.79. The highest BCUT2D eigenvalue weighted by Crippen LogP contribution is 1.95. The van der Waals surface area contributed by atoms with Crippen molar-refractivity contribution in [2.45, 2.75) is 26.3 Å². The molecule has 0 bridgehead atoms. The van der Waals surface area contributed by atoms with Crippen LogP contribution in [0.5, 0.6) is 0 Å². The van der Waals surface area contributed by atoms with E-state index in [0.717, 1.165) is 0 Å². The summed E-state index contributed by atoms with van der Waals surface area (Å²) in [5, 5.41) is 0. The minimum absolute atomic E-state index is 0.176. The Hall–Kier alpha value is -2.30. The zero-order valence-electron chi connectivity index (χ0n) is 12.5. The lowest BCUT2D eigenvalue weighted by Gasteiger charge is -2.02. The molecule has 0 aromatic carbocycles. The molecule has 0 spiro atoms. The van der Waals surface area contributed by atoms with Crippen molar-refractivity contribution in [1.82, 2.24) is 4.57 Å². The lowest BCUT2D eigenvalue weighted by molar-refractivity contribution is -0.143. The highest BCUT2D eigenvalue weighted by atomic mass is 16.5. The smallest absolute Gasteiger partial charge is 0.307 e. The summed E-state index contributed by atoms with van der Waals surface area (Å²) in [6.45, 7) is 9.90. The van der Waals surface area contributed by atoms with Crippen molar-refractivity contribution in [3.05, 3.63) is 49.8 Å². The first-order valence-electron chi connectivity index (χ1n) is 6.77. The van der Waals surface area contributed by atoms with E-state index in [0.29, 0.717) is 32.6 Å². The minimum atomic E-state index is -0.186. The van der Waals surface area contributed by atoms with E-state index in [1.54, 1.807) is 19.1 Å². The van der Waals surface area contributed by atoms with E-state index in [1.807, 2.05) is 29.1 Å². The molecule has 0 amide bonds. The Labute approximate surface area is 125 Å². The summed E-state index contributed by atoms with van der Waals surface area (Å²) in [5.74, 6) is -0.362. The van der Waals surface area contributed by atoms with Crippen molar-refractivity contribution < 1.29 is 19.1 Å². The maximum atomic E-state index is 11.0. The van der Waals surface area contributed by atoms with Gasteiger partial charge in [0.1, 0.15) is 13.2 Å². The average Bonchev–Trinajstić information content (AvgIpc) is 3.02. The van der Waals surface area contributed by atoms with Crippen LogP contribution in [0.1, 0.15) is 19.8 Å². The molecule has 1 aromatic heterocycles. The third kappa shape index (κ3) is 11.2. The number of aromatic nitrogens is 1. The fraction of sp³-hybridized carbons (Fsp3) is 0.375. The number of esters is 2. The molecule has 5 heteroatoms. The molecule has 0 radical (unpaired) electrons. The summed E-state index contributed by atoms with van der Waals surface area (Å²) in [6, 6.07) is 3.85. The Morgan fingerprint density at radius 1 is 1.05 bits per heavy atom. The molecule has 1 rings (SSSR count). The van der Waals surface area contributed by atoms with Crippen molar-refractivity contribution >= 4 is 11.9 Å². The molecular formula is C16H23NO4. The van der Waals surface area contributed by atoms with Gasteiger partial charge in [0.05, 0.1) is 6.42 Å². The van der Waals surface area contributed by atoms with Crippen molar-refractivity contribution in [3.8, 4) is 0 Å². The van der Waals surface area contributed by atoms with Crippen LogP contribution in [0.2, 0.25) is 0 Å². The quantitative estimate of drug-likeness (QED) is 0.546. The summed E-state index contributed by atoms with van der Waals surface area (Å²) in [5.41, 5.74) is 0. The number of aryl methyl sites for hydroxylation is 1. The third-order valence-electron chi connectivity index (χ3n) is 2.25. The molecular weight excluding hydrogens is 270 g/mol. The SMILES string of the molecule is C=CCOC(=O)CC.C=CCOC(=O)CCn1cccc1. The van der Waals surface area contributed by atoms with Crippen LogP contribution in [0.15, 0.2) is 49.8 Å². The Morgan fingerprint density at radius 2 is 1.57 bits per heavy atom. The zero-order chi connectivity index (χ0) is 15.9. The summed E-state index contributed by atoms with van der Waals surface area (Å²) in [4.78, 5) is 21.3. The zero-order valence-corrected chi connectivity index (χ0v) is 12.5. The second-order valence-corrected chi connectivity index (χ2v) is 3.97. The molecule has 0 N–H and O–H groups in total. The standard InChI is InChI=1S/C10H13NO2.C6H10O2/c1-2-9-13-10(12)5-8-11-6-3-4-7-11;1-3-5-8-6(7)4-2/h2-4,6-7H,1,5,8-9H2;3H,1,4-5H2,2H3. The summed E-state index contributed by atoms with van der Waals surface area (Å²) < 4.78 is 11.3. The number of hydrogen-bond acceptors (Lipinski definition) is 4. The number of hydrogen-bond donors (Lipinski definition) is 0.